The van der Waals surface area contributed by atoms with Crippen LogP contribution in [0.3, 0.4) is 0 Å². The number of nitro groups is 1. The average Bonchev–Trinajstić information content (AvgIpc) is 2.15. The molecule has 0 heterocycles. The third-order valence-electron chi connectivity index (χ3n) is 1.95. The molecule has 1 atom stereocenters. The number of benzene rings is 1. The number of aliphatic hydroxyl groups excluding tert-OH is 1. The molecule has 0 saturated heterocycles. The van der Waals surface area contributed by atoms with E-state index in [0.717, 1.165) is 6.26 Å². The molecular weight excluding hydrogens is 234 g/mol. The van der Waals surface area contributed by atoms with Crippen molar-refractivity contribution in [3.63, 3.8) is 0 Å². The molecule has 0 aromatic heterocycles. The molecule has 1 N–H and O–H groups in total. The van der Waals surface area contributed by atoms with Crippen LogP contribution in [0.15, 0.2) is 24.3 Å². The number of sulfone groups is 1. The zero-order valence-corrected chi connectivity index (χ0v) is 9.35. The van der Waals surface area contributed by atoms with Crippen LogP contribution in [-0.2, 0) is 9.84 Å². The van der Waals surface area contributed by atoms with Crippen LogP contribution < -0.4 is 0 Å². The predicted molar refractivity (Wildman–Crippen MR) is 57.8 cm³/mol. The summed E-state index contributed by atoms with van der Waals surface area (Å²) in [5, 5.41) is 19.9. The Morgan fingerprint density at radius 3 is 2.25 bits per heavy atom. The highest BCUT2D eigenvalue weighted by Gasteiger charge is 2.15. The first-order valence-corrected chi connectivity index (χ1v) is 6.46. The van der Waals surface area contributed by atoms with E-state index in [-0.39, 0.29) is 5.69 Å². The van der Waals surface area contributed by atoms with Gasteiger partial charge in [-0.15, -0.1) is 0 Å². The second-order valence-corrected chi connectivity index (χ2v) is 5.64. The molecular formula is C9H11NO5S. The molecule has 0 radical (unpaired) electrons. The van der Waals surface area contributed by atoms with Crippen molar-refractivity contribution in [1.29, 1.82) is 0 Å². The van der Waals surface area contributed by atoms with Gasteiger partial charge in [-0.05, 0) is 17.7 Å². The minimum Gasteiger partial charge on any atom is -0.387 e. The van der Waals surface area contributed by atoms with Gasteiger partial charge in [-0.25, -0.2) is 8.42 Å². The second kappa shape index (κ2) is 4.58. The molecule has 0 saturated carbocycles. The molecule has 0 aliphatic heterocycles. The van der Waals surface area contributed by atoms with Gasteiger partial charge >= 0.3 is 0 Å². The van der Waals surface area contributed by atoms with Crippen LogP contribution in [-0.4, -0.2) is 30.5 Å². The quantitative estimate of drug-likeness (QED) is 0.621. The summed E-state index contributed by atoms with van der Waals surface area (Å²) in [6.45, 7) is 0. The highest BCUT2D eigenvalue weighted by molar-refractivity contribution is 7.90. The van der Waals surface area contributed by atoms with E-state index in [0.29, 0.717) is 5.56 Å². The minimum atomic E-state index is -3.28. The molecule has 1 rings (SSSR count). The van der Waals surface area contributed by atoms with E-state index in [1.807, 2.05) is 0 Å². The summed E-state index contributed by atoms with van der Waals surface area (Å²) in [5.41, 5.74) is 0.242. The second-order valence-electron chi connectivity index (χ2n) is 3.46. The molecule has 16 heavy (non-hydrogen) atoms. The topological polar surface area (TPSA) is 97.5 Å². The number of nitrogens with zero attached hydrogens (tertiary/aromatic N) is 1. The summed E-state index contributed by atoms with van der Waals surface area (Å²) < 4.78 is 21.8. The van der Waals surface area contributed by atoms with Crippen molar-refractivity contribution in [2.45, 2.75) is 6.10 Å². The Morgan fingerprint density at radius 1 is 1.38 bits per heavy atom. The summed E-state index contributed by atoms with van der Waals surface area (Å²) in [5.74, 6) is -0.398. The van der Waals surface area contributed by atoms with Crippen LogP contribution in [0.2, 0.25) is 0 Å². The van der Waals surface area contributed by atoms with Crippen molar-refractivity contribution in [2.75, 3.05) is 12.0 Å². The van der Waals surface area contributed by atoms with Crippen LogP contribution >= 0.6 is 0 Å². The van der Waals surface area contributed by atoms with Gasteiger partial charge in [-0.2, -0.15) is 0 Å². The van der Waals surface area contributed by atoms with Crippen LogP contribution in [0.5, 0.6) is 0 Å². The van der Waals surface area contributed by atoms with Gasteiger partial charge < -0.3 is 5.11 Å². The summed E-state index contributed by atoms with van der Waals surface area (Å²) in [7, 11) is -3.28. The number of non-ortho nitro benzene ring substituents is 1. The van der Waals surface area contributed by atoms with Gasteiger partial charge in [-0.3, -0.25) is 10.1 Å². The Kier molecular flexibility index (Phi) is 3.61. The van der Waals surface area contributed by atoms with E-state index >= 15 is 0 Å². The third-order valence-corrected chi connectivity index (χ3v) is 2.87. The van der Waals surface area contributed by atoms with Gasteiger partial charge in [0.15, 0.2) is 0 Å². The Bertz CT molecular complexity index is 479. The molecule has 6 nitrogen and oxygen atoms in total. The molecule has 0 amide bonds. The van der Waals surface area contributed by atoms with Crippen LogP contribution in [0, 0.1) is 10.1 Å². The first-order chi connectivity index (χ1) is 7.29. The molecule has 7 heteroatoms. The molecule has 88 valence electrons. The molecule has 1 aromatic carbocycles. The summed E-state index contributed by atoms with van der Waals surface area (Å²) in [6.07, 6.45) is -0.141. The summed E-state index contributed by atoms with van der Waals surface area (Å²) >= 11 is 0. The van der Waals surface area contributed by atoms with Crippen molar-refractivity contribution in [2.24, 2.45) is 0 Å². The normalized spacial score (nSPS) is 13.4. The Labute approximate surface area is 92.6 Å². The van der Waals surface area contributed by atoms with Gasteiger partial charge in [0.05, 0.1) is 16.8 Å². The molecule has 0 fully saturated rings. The number of rotatable bonds is 4. The lowest BCUT2D eigenvalue weighted by atomic mass is 10.1. The maximum absolute atomic E-state index is 10.9. The van der Waals surface area contributed by atoms with Crippen molar-refractivity contribution in [3.8, 4) is 0 Å². The first-order valence-electron chi connectivity index (χ1n) is 4.40. The highest BCUT2D eigenvalue weighted by atomic mass is 32.2. The zero-order valence-electron chi connectivity index (χ0n) is 8.53. The monoisotopic (exact) mass is 245 g/mol. The van der Waals surface area contributed by atoms with E-state index in [1.165, 1.54) is 24.3 Å². The molecule has 0 aliphatic rings. The molecule has 0 spiro atoms. The van der Waals surface area contributed by atoms with E-state index < -0.39 is 26.6 Å². The number of hydrogen-bond acceptors (Lipinski definition) is 5. The lowest BCUT2D eigenvalue weighted by Crippen LogP contribution is -2.12. The fourth-order valence-corrected chi connectivity index (χ4v) is 1.97. The molecule has 0 aliphatic carbocycles. The SMILES string of the molecule is CS(=O)(=O)C[C@H](O)c1ccc([N+](=O)[O-])cc1. The average molecular weight is 245 g/mol. The third kappa shape index (κ3) is 3.59. The predicted octanol–water partition coefficient (Wildman–Crippen LogP) is 0.673. The van der Waals surface area contributed by atoms with Crippen LogP contribution in [0.25, 0.3) is 0 Å². The van der Waals surface area contributed by atoms with E-state index in [2.05, 4.69) is 0 Å². The van der Waals surface area contributed by atoms with Gasteiger partial charge in [0.1, 0.15) is 9.84 Å². The number of nitro benzene ring substituents is 1. The maximum atomic E-state index is 10.9. The largest absolute Gasteiger partial charge is 0.387 e. The van der Waals surface area contributed by atoms with Gasteiger partial charge in [0, 0.05) is 18.4 Å². The van der Waals surface area contributed by atoms with Crippen molar-refractivity contribution in [3.05, 3.63) is 39.9 Å². The molecule has 1 aromatic rings. The van der Waals surface area contributed by atoms with Gasteiger partial charge in [0.25, 0.3) is 5.69 Å². The lowest BCUT2D eigenvalue weighted by Gasteiger charge is -2.08. The van der Waals surface area contributed by atoms with Crippen molar-refractivity contribution >= 4 is 15.5 Å². The van der Waals surface area contributed by atoms with Gasteiger partial charge in [0.2, 0.25) is 0 Å². The van der Waals surface area contributed by atoms with Crippen molar-refractivity contribution < 1.29 is 18.4 Å². The van der Waals surface area contributed by atoms with E-state index in [9.17, 15) is 23.6 Å². The Balaban J connectivity index is 2.86. The van der Waals surface area contributed by atoms with E-state index in [4.69, 9.17) is 0 Å². The van der Waals surface area contributed by atoms with Crippen molar-refractivity contribution in [1.82, 2.24) is 0 Å². The number of hydrogen-bond donors (Lipinski definition) is 1. The van der Waals surface area contributed by atoms with Crippen LogP contribution in [0.1, 0.15) is 11.7 Å². The fraction of sp³-hybridized carbons (Fsp3) is 0.333. The summed E-state index contributed by atoms with van der Waals surface area (Å²) in [6, 6.07) is 5.13. The Hall–Kier alpha value is -1.47. The minimum absolute atomic E-state index is 0.102. The smallest absolute Gasteiger partial charge is 0.269 e. The molecule has 0 bridgehead atoms. The molecule has 0 unspecified atom stereocenters. The highest BCUT2D eigenvalue weighted by Crippen LogP contribution is 2.18. The first kappa shape index (κ1) is 12.6. The van der Waals surface area contributed by atoms with E-state index in [1.54, 1.807) is 0 Å². The maximum Gasteiger partial charge on any atom is 0.269 e. The Morgan fingerprint density at radius 2 is 1.88 bits per heavy atom. The zero-order chi connectivity index (χ0) is 12.3. The lowest BCUT2D eigenvalue weighted by molar-refractivity contribution is -0.384. The standard InChI is InChI=1S/C9H11NO5S/c1-16(14,15)6-9(11)7-2-4-8(5-3-7)10(12)13/h2-5,9,11H,6H2,1H3/t9-/m0/s1. The fourth-order valence-electron chi connectivity index (χ4n) is 1.20. The van der Waals surface area contributed by atoms with Crippen LogP contribution in [0.4, 0.5) is 5.69 Å². The summed E-state index contributed by atoms with van der Waals surface area (Å²) in [4.78, 5) is 9.80. The van der Waals surface area contributed by atoms with Gasteiger partial charge in [-0.1, -0.05) is 0 Å². The number of aliphatic hydroxyl groups is 1.